The average molecular weight is 457 g/mol. The molecule has 0 aliphatic carbocycles. The fourth-order valence-corrected chi connectivity index (χ4v) is 3.41. The molecule has 4 rings (SSSR count). The van der Waals surface area contributed by atoms with E-state index in [1.165, 1.54) is 58.1 Å². The number of thiazole rings is 1. The first-order valence-electron chi connectivity index (χ1n) is 9.07. The summed E-state index contributed by atoms with van der Waals surface area (Å²) in [5.74, 6) is -0.00881. The highest BCUT2D eigenvalue weighted by molar-refractivity contribution is 7.07. The second kappa shape index (κ2) is 8.27. The zero-order valence-electron chi connectivity index (χ0n) is 16.2. The summed E-state index contributed by atoms with van der Waals surface area (Å²) in [6, 6.07) is 7.47. The van der Waals surface area contributed by atoms with Gasteiger partial charge in [-0.1, -0.05) is 18.7 Å². The van der Waals surface area contributed by atoms with Gasteiger partial charge in [-0.05, 0) is 23.8 Å². The number of hydrogen-bond acceptors (Lipinski definition) is 5. The number of nitrogens with zero attached hydrogens (tertiary/aromatic N) is 3. The molecule has 1 aromatic carbocycles. The Morgan fingerprint density at radius 1 is 1.22 bits per heavy atom. The predicted octanol–water partition coefficient (Wildman–Crippen LogP) is 4.35. The maximum atomic E-state index is 13.0. The lowest BCUT2D eigenvalue weighted by molar-refractivity contribution is -0.137. The van der Waals surface area contributed by atoms with Gasteiger partial charge in [0, 0.05) is 35.1 Å². The Hall–Kier alpha value is -3.99. The van der Waals surface area contributed by atoms with E-state index in [1.54, 1.807) is 5.38 Å². The molecule has 7 nitrogen and oxygen atoms in total. The van der Waals surface area contributed by atoms with E-state index in [-0.39, 0.29) is 34.2 Å². The number of hydrogen-bond donors (Lipinski definition) is 2. The van der Waals surface area contributed by atoms with Crippen molar-refractivity contribution in [1.82, 2.24) is 19.5 Å². The fourth-order valence-electron chi connectivity index (χ4n) is 2.88. The quantitative estimate of drug-likeness (QED) is 0.466. The van der Waals surface area contributed by atoms with E-state index in [2.05, 4.69) is 26.8 Å². The Bertz CT molecular complexity index is 1360. The van der Waals surface area contributed by atoms with Crippen LogP contribution in [0, 0.1) is 0 Å². The second-order valence-electron chi connectivity index (χ2n) is 6.62. The lowest BCUT2D eigenvalue weighted by Crippen LogP contribution is -2.19. The third kappa shape index (κ3) is 4.37. The van der Waals surface area contributed by atoms with Gasteiger partial charge in [-0.2, -0.15) is 13.2 Å². The molecule has 0 aliphatic rings. The van der Waals surface area contributed by atoms with Crippen molar-refractivity contribution < 1.29 is 18.0 Å². The second-order valence-corrected chi connectivity index (χ2v) is 7.33. The topological polar surface area (TPSA) is 92.7 Å². The van der Waals surface area contributed by atoms with E-state index in [1.807, 2.05) is 0 Å². The van der Waals surface area contributed by atoms with Crippen molar-refractivity contribution in [2.24, 2.45) is 0 Å². The molecule has 1 amide bonds. The molecule has 162 valence electrons. The summed E-state index contributed by atoms with van der Waals surface area (Å²) in [6.45, 7) is 3.82. The highest BCUT2D eigenvalue weighted by atomic mass is 32.1. The number of H-pyrrole nitrogens is 1. The first-order valence-corrected chi connectivity index (χ1v) is 10.0. The third-order valence-electron chi connectivity index (χ3n) is 4.48. The van der Waals surface area contributed by atoms with Crippen LogP contribution < -0.4 is 10.9 Å². The highest BCUT2D eigenvalue weighted by Crippen LogP contribution is 2.31. The number of aromatic nitrogens is 4. The van der Waals surface area contributed by atoms with Gasteiger partial charge in [0.05, 0.1) is 11.1 Å². The minimum absolute atomic E-state index is 0.215. The van der Waals surface area contributed by atoms with Crippen molar-refractivity contribution in [2.75, 3.05) is 5.32 Å². The van der Waals surface area contributed by atoms with E-state index >= 15 is 0 Å². The average Bonchev–Trinajstić information content (AvgIpc) is 3.45. The summed E-state index contributed by atoms with van der Waals surface area (Å²) in [4.78, 5) is 35.6. The lowest BCUT2D eigenvalue weighted by Gasteiger charge is -2.09. The predicted molar refractivity (Wildman–Crippen MR) is 114 cm³/mol. The Morgan fingerprint density at radius 3 is 2.72 bits per heavy atom. The van der Waals surface area contributed by atoms with Gasteiger partial charge in [-0.3, -0.25) is 14.2 Å². The summed E-state index contributed by atoms with van der Waals surface area (Å²) in [5.41, 5.74) is 1.27. The van der Waals surface area contributed by atoms with Gasteiger partial charge in [-0.25, -0.2) is 9.97 Å². The van der Waals surface area contributed by atoms with Crippen LogP contribution in [0.15, 0.2) is 71.1 Å². The van der Waals surface area contributed by atoms with Crippen LogP contribution in [0.3, 0.4) is 0 Å². The Kier molecular flexibility index (Phi) is 5.49. The number of halogens is 3. The third-order valence-corrected chi connectivity index (χ3v) is 5.06. The van der Waals surface area contributed by atoms with Gasteiger partial charge in [0.2, 0.25) is 0 Å². The van der Waals surface area contributed by atoms with Crippen molar-refractivity contribution in [3.63, 3.8) is 0 Å². The SMILES string of the molecule is C=C(c1cccc(C(F)(F)F)c1)c1nc(-n2ccc(NC(=O)c3cscn3)cc2=O)c[nH]1. The van der Waals surface area contributed by atoms with Gasteiger partial charge in [0.15, 0.2) is 5.82 Å². The Balaban J connectivity index is 1.55. The van der Waals surface area contributed by atoms with E-state index in [0.717, 1.165) is 12.1 Å². The van der Waals surface area contributed by atoms with Crippen LogP contribution in [0.25, 0.3) is 11.4 Å². The molecular formula is C21H14F3N5O2S. The molecular weight excluding hydrogens is 443 g/mol. The number of pyridine rings is 1. The molecule has 0 unspecified atom stereocenters. The smallest absolute Gasteiger partial charge is 0.343 e. The molecule has 0 saturated heterocycles. The minimum atomic E-state index is -4.48. The van der Waals surface area contributed by atoms with E-state index in [4.69, 9.17) is 0 Å². The number of carbonyl (C=O) groups excluding carboxylic acids is 1. The van der Waals surface area contributed by atoms with Crippen LogP contribution in [0.4, 0.5) is 18.9 Å². The normalized spacial score (nSPS) is 11.3. The maximum Gasteiger partial charge on any atom is 0.416 e. The molecule has 0 saturated carbocycles. The number of benzene rings is 1. The first kappa shape index (κ1) is 21.2. The molecule has 0 spiro atoms. The largest absolute Gasteiger partial charge is 0.416 e. The maximum absolute atomic E-state index is 13.0. The van der Waals surface area contributed by atoms with Crippen LogP contribution in [-0.2, 0) is 6.18 Å². The van der Waals surface area contributed by atoms with Crippen LogP contribution in [0.5, 0.6) is 0 Å². The zero-order valence-corrected chi connectivity index (χ0v) is 17.0. The Morgan fingerprint density at radius 2 is 2.03 bits per heavy atom. The molecule has 0 atom stereocenters. The molecule has 32 heavy (non-hydrogen) atoms. The van der Waals surface area contributed by atoms with E-state index < -0.39 is 23.2 Å². The van der Waals surface area contributed by atoms with Crippen molar-refractivity contribution in [2.45, 2.75) is 6.18 Å². The molecule has 3 aromatic heterocycles. The minimum Gasteiger partial charge on any atom is -0.343 e. The monoisotopic (exact) mass is 457 g/mol. The van der Waals surface area contributed by atoms with Gasteiger partial charge in [0.1, 0.15) is 11.5 Å². The molecule has 2 N–H and O–H groups in total. The summed E-state index contributed by atoms with van der Waals surface area (Å²) in [6.07, 6.45) is -1.62. The molecule has 11 heteroatoms. The van der Waals surface area contributed by atoms with Crippen LogP contribution in [0.1, 0.15) is 27.4 Å². The van der Waals surface area contributed by atoms with E-state index in [0.29, 0.717) is 0 Å². The molecule has 0 bridgehead atoms. The van der Waals surface area contributed by atoms with Gasteiger partial charge in [-0.15, -0.1) is 11.3 Å². The number of alkyl halides is 3. The van der Waals surface area contributed by atoms with E-state index in [9.17, 15) is 22.8 Å². The number of nitrogens with one attached hydrogen (secondary N) is 2. The van der Waals surface area contributed by atoms with Crippen LogP contribution in [0.2, 0.25) is 0 Å². The molecule has 3 heterocycles. The number of rotatable bonds is 5. The van der Waals surface area contributed by atoms with Gasteiger partial charge in [0.25, 0.3) is 11.5 Å². The molecule has 0 radical (unpaired) electrons. The van der Waals surface area contributed by atoms with Crippen molar-refractivity contribution in [1.29, 1.82) is 0 Å². The number of amides is 1. The summed E-state index contributed by atoms with van der Waals surface area (Å²) in [5, 5.41) is 4.17. The lowest BCUT2D eigenvalue weighted by atomic mass is 10.0. The van der Waals surface area contributed by atoms with Crippen LogP contribution >= 0.6 is 11.3 Å². The molecule has 0 fully saturated rings. The fraction of sp³-hybridized carbons (Fsp3) is 0.0476. The number of imidazole rings is 1. The van der Waals surface area contributed by atoms with Crippen molar-refractivity contribution in [3.8, 4) is 5.82 Å². The summed E-state index contributed by atoms with van der Waals surface area (Å²) >= 11 is 1.27. The number of carbonyl (C=O) groups is 1. The van der Waals surface area contributed by atoms with Crippen molar-refractivity contribution in [3.05, 3.63) is 99.3 Å². The summed E-state index contributed by atoms with van der Waals surface area (Å²) in [7, 11) is 0. The zero-order chi connectivity index (χ0) is 22.9. The standard InChI is InChI=1S/C21H14F3N5O2S/c1-12(13-3-2-4-14(7-13)21(22,23)24)19-25-9-17(28-19)29-6-5-15(8-18(29)30)27-20(31)16-10-32-11-26-16/h2-11H,1H2,(H,25,28)(H,27,31). The number of aromatic amines is 1. The molecule has 0 aliphatic heterocycles. The highest BCUT2D eigenvalue weighted by Gasteiger charge is 2.30. The Labute approximate surface area is 182 Å². The van der Waals surface area contributed by atoms with Crippen LogP contribution in [-0.4, -0.2) is 25.4 Å². The van der Waals surface area contributed by atoms with Gasteiger partial charge >= 0.3 is 6.18 Å². The number of anilines is 1. The summed E-state index contributed by atoms with van der Waals surface area (Å²) < 4.78 is 40.1. The first-order chi connectivity index (χ1) is 15.2. The molecule has 4 aromatic rings. The van der Waals surface area contributed by atoms with Gasteiger partial charge < -0.3 is 10.3 Å². The van der Waals surface area contributed by atoms with Crippen molar-refractivity contribution >= 4 is 28.5 Å².